The standard InChI is InChI=1S/2C18H37NO.C2H4O2/c2*1-2-3-4-5-6-7-8-9-10-11-12-13-14-15-16-17-18(19)20;1-2(3)4/h2*2-17H2,1H3,(H2,19,20);1H3,(H,3,4). The molecule has 0 spiro atoms. The number of unbranched alkanes of at least 4 members (excludes halogenated alkanes) is 28. The third kappa shape index (κ3) is 59.8. The Balaban J connectivity index is -0.000000680. The molecule has 0 aliphatic carbocycles. The molecular weight excluding hydrogens is 548 g/mol. The van der Waals surface area contributed by atoms with Crippen LogP contribution >= 0.6 is 0 Å². The van der Waals surface area contributed by atoms with Crippen molar-refractivity contribution < 1.29 is 19.5 Å². The second-order valence-electron chi connectivity index (χ2n) is 12.9. The van der Waals surface area contributed by atoms with Crippen LogP contribution in [-0.4, -0.2) is 22.9 Å². The van der Waals surface area contributed by atoms with E-state index in [-0.39, 0.29) is 11.8 Å². The number of hydrogen-bond acceptors (Lipinski definition) is 3. The molecule has 0 aliphatic rings. The lowest BCUT2D eigenvalue weighted by atomic mass is 10.0. The van der Waals surface area contributed by atoms with Gasteiger partial charge in [-0.1, -0.05) is 194 Å². The molecule has 264 valence electrons. The van der Waals surface area contributed by atoms with Crippen LogP contribution in [0.4, 0.5) is 0 Å². The van der Waals surface area contributed by atoms with Gasteiger partial charge < -0.3 is 16.6 Å². The van der Waals surface area contributed by atoms with Gasteiger partial charge in [-0.2, -0.15) is 0 Å². The first-order valence-electron chi connectivity index (χ1n) is 19.0. The highest BCUT2D eigenvalue weighted by molar-refractivity contribution is 5.73. The normalized spacial score (nSPS) is 10.4. The molecule has 2 amide bonds. The summed E-state index contributed by atoms with van der Waals surface area (Å²) in [4.78, 5) is 30.1. The minimum atomic E-state index is -0.833. The molecule has 0 heterocycles. The van der Waals surface area contributed by atoms with Crippen molar-refractivity contribution in [2.45, 2.75) is 226 Å². The summed E-state index contributed by atoms with van der Waals surface area (Å²) in [6.45, 7) is 5.63. The number of carbonyl (C=O) groups is 3. The van der Waals surface area contributed by atoms with Gasteiger partial charge in [0, 0.05) is 19.8 Å². The molecule has 0 aromatic carbocycles. The van der Waals surface area contributed by atoms with E-state index >= 15 is 0 Å². The van der Waals surface area contributed by atoms with Crippen LogP contribution in [0.2, 0.25) is 0 Å². The molecule has 0 aromatic heterocycles. The summed E-state index contributed by atoms with van der Waals surface area (Å²) in [7, 11) is 0. The van der Waals surface area contributed by atoms with E-state index < -0.39 is 5.97 Å². The van der Waals surface area contributed by atoms with Gasteiger partial charge in [0.15, 0.2) is 0 Å². The molecule has 0 atom stereocenters. The van der Waals surface area contributed by atoms with E-state index in [9.17, 15) is 9.59 Å². The zero-order valence-corrected chi connectivity index (χ0v) is 30.0. The van der Waals surface area contributed by atoms with E-state index in [0.29, 0.717) is 12.8 Å². The summed E-state index contributed by atoms with van der Waals surface area (Å²) in [6, 6.07) is 0. The Bertz CT molecular complexity index is 535. The fourth-order valence-electron chi connectivity index (χ4n) is 5.34. The van der Waals surface area contributed by atoms with Crippen LogP contribution in [0.5, 0.6) is 0 Å². The first kappa shape index (κ1) is 46.8. The van der Waals surface area contributed by atoms with Gasteiger partial charge in [-0.05, 0) is 12.8 Å². The quantitative estimate of drug-likeness (QED) is 0.0642. The van der Waals surface area contributed by atoms with E-state index in [1.807, 2.05) is 0 Å². The predicted octanol–water partition coefficient (Wildman–Crippen LogP) is 11.6. The molecule has 0 radical (unpaired) electrons. The van der Waals surface area contributed by atoms with Gasteiger partial charge >= 0.3 is 0 Å². The van der Waals surface area contributed by atoms with E-state index in [4.69, 9.17) is 21.4 Å². The second-order valence-corrected chi connectivity index (χ2v) is 12.9. The van der Waals surface area contributed by atoms with Crippen molar-refractivity contribution in [3.63, 3.8) is 0 Å². The number of hydrogen-bond donors (Lipinski definition) is 3. The van der Waals surface area contributed by atoms with Crippen LogP contribution in [0, 0.1) is 0 Å². The maximum Gasteiger partial charge on any atom is 0.300 e. The SMILES string of the molecule is CC(=O)O.CCCCCCCCCCCCCCCCCC(N)=O.CCCCCCCCCCCCCCCCCC(N)=O. The lowest BCUT2D eigenvalue weighted by Crippen LogP contribution is -2.09. The molecule has 0 bridgehead atoms. The van der Waals surface area contributed by atoms with Gasteiger partial charge in [-0.15, -0.1) is 0 Å². The van der Waals surface area contributed by atoms with Crippen LogP contribution in [0.15, 0.2) is 0 Å². The Morgan fingerprint density at radius 2 is 0.500 bits per heavy atom. The molecule has 5 N–H and O–H groups in total. The molecule has 0 rings (SSSR count). The molecule has 0 aliphatic heterocycles. The van der Waals surface area contributed by atoms with Crippen molar-refractivity contribution in [2.75, 3.05) is 0 Å². The average Bonchev–Trinajstić information content (AvgIpc) is 2.97. The van der Waals surface area contributed by atoms with E-state index in [0.717, 1.165) is 19.8 Å². The van der Waals surface area contributed by atoms with Crippen molar-refractivity contribution in [1.82, 2.24) is 0 Å². The number of aliphatic carboxylic acids is 1. The molecule has 0 fully saturated rings. The molecule has 0 saturated heterocycles. The van der Waals surface area contributed by atoms with Gasteiger partial charge in [0.2, 0.25) is 11.8 Å². The number of amides is 2. The highest BCUT2D eigenvalue weighted by Crippen LogP contribution is 2.15. The van der Waals surface area contributed by atoms with Gasteiger partial charge in [0.05, 0.1) is 0 Å². The Morgan fingerprint density at radius 3 is 0.636 bits per heavy atom. The smallest absolute Gasteiger partial charge is 0.300 e. The topological polar surface area (TPSA) is 123 Å². The Hall–Kier alpha value is -1.59. The number of rotatable bonds is 32. The Labute approximate surface area is 274 Å². The molecule has 0 aromatic rings. The summed E-state index contributed by atoms with van der Waals surface area (Å²) >= 11 is 0. The summed E-state index contributed by atoms with van der Waals surface area (Å²) in [5.74, 6) is -1.14. The molecule has 6 nitrogen and oxygen atoms in total. The Kier molecular flexibility index (Phi) is 46.3. The van der Waals surface area contributed by atoms with E-state index in [1.165, 1.54) is 180 Å². The van der Waals surface area contributed by atoms with Crippen molar-refractivity contribution in [1.29, 1.82) is 0 Å². The lowest BCUT2D eigenvalue weighted by Gasteiger charge is -2.03. The number of carboxylic acid groups (broad SMARTS) is 1. The second kappa shape index (κ2) is 43.5. The number of primary amides is 2. The zero-order chi connectivity index (χ0) is 33.4. The van der Waals surface area contributed by atoms with E-state index in [2.05, 4.69) is 13.8 Å². The van der Waals surface area contributed by atoms with Gasteiger partial charge in [-0.3, -0.25) is 14.4 Å². The van der Waals surface area contributed by atoms with Crippen molar-refractivity contribution >= 4 is 17.8 Å². The highest BCUT2D eigenvalue weighted by Gasteiger charge is 1.97. The summed E-state index contributed by atoms with van der Waals surface area (Å²) < 4.78 is 0. The largest absolute Gasteiger partial charge is 0.481 e. The molecule has 0 saturated carbocycles. The fourth-order valence-corrected chi connectivity index (χ4v) is 5.34. The van der Waals surface area contributed by atoms with Crippen LogP contribution in [-0.2, 0) is 14.4 Å². The van der Waals surface area contributed by atoms with E-state index in [1.54, 1.807) is 0 Å². The average molecular weight is 627 g/mol. The monoisotopic (exact) mass is 627 g/mol. The lowest BCUT2D eigenvalue weighted by molar-refractivity contribution is -0.134. The van der Waals surface area contributed by atoms with Crippen LogP contribution in [0.1, 0.15) is 226 Å². The van der Waals surface area contributed by atoms with Crippen LogP contribution in [0.3, 0.4) is 0 Å². The van der Waals surface area contributed by atoms with Gasteiger partial charge in [0.1, 0.15) is 0 Å². The molecule has 6 heteroatoms. The minimum absolute atomic E-state index is 0.153. The van der Waals surface area contributed by atoms with Gasteiger partial charge in [-0.25, -0.2) is 0 Å². The fraction of sp³-hybridized carbons (Fsp3) is 0.921. The summed E-state index contributed by atoms with van der Waals surface area (Å²) in [6.07, 6.45) is 41.8. The molecular formula is C38H78N2O4. The number of carbonyl (C=O) groups excluding carboxylic acids is 2. The van der Waals surface area contributed by atoms with Gasteiger partial charge in [0.25, 0.3) is 5.97 Å². The Morgan fingerprint density at radius 1 is 0.364 bits per heavy atom. The van der Waals surface area contributed by atoms with Crippen LogP contribution in [0.25, 0.3) is 0 Å². The number of carboxylic acids is 1. The minimum Gasteiger partial charge on any atom is -0.481 e. The van der Waals surface area contributed by atoms with Crippen molar-refractivity contribution in [3.8, 4) is 0 Å². The van der Waals surface area contributed by atoms with Crippen molar-refractivity contribution in [2.24, 2.45) is 11.5 Å². The maximum absolute atomic E-state index is 10.6. The highest BCUT2D eigenvalue weighted by atomic mass is 16.4. The zero-order valence-electron chi connectivity index (χ0n) is 30.0. The summed E-state index contributed by atoms with van der Waals surface area (Å²) in [5, 5.41) is 7.42. The number of nitrogens with two attached hydrogens (primary N) is 2. The third-order valence-electron chi connectivity index (χ3n) is 8.05. The molecule has 44 heavy (non-hydrogen) atoms. The van der Waals surface area contributed by atoms with Crippen molar-refractivity contribution in [3.05, 3.63) is 0 Å². The first-order valence-corrected chi connectivity index (χ1v) is 19.0. The first-order chi connectivity index (χ1) is 21.3. The third-order valence-corrected chi connectivity index (χ3v) is 8.05. The molecule has 0 unspecified atom stereocenters. The maximum atomic E-state index is 10.6. The van der Waals surface area contributed by atoms with Crippen LogP contribution < -0.4 is 11.5 Å². The predicted molar refractivity (Wildman–Crippen MR) is 191 cm³/mol. The summed E-state index contributed by atoms with van der Waals surface area (Å²) in [5.41, 5.74) is 10.2.